The van der Waals surface area contributed by atoms with E-state index in [9.17, 15) is 18.0 Å². The van der Waals surface area contributed by atoms with E-state index >= 15 is 0 Å². The third-order valence-corrected chi connectivity index (χ3v) is 2.68. The molecular formula is C9H7F3INO2. The van der Waals surface area contributed by atoms with Gasteiger partial charge in [0.05, 0.1) is 18.2 Å². The molecule has 0 bridgehead atoms. The van der Waals surface area contributed by atoms with Crippen molar-refractivity contribution in [1.29, 1.82) is 0 Å². The summed E-state index contributed by atoms with van der Waals surface area (Å²) in [6.45, 7) is 0. The van der Waals surface area contributed by atoms with E-state index in [0.29, 0.717) is 0 Å². The summed E-state index contributed by atoms with van der Waals surface area (Å²) < 4.78 is 41.8. The highest BCUT2D eigenvalue weighted by atomic mass is 127. The zero-order valence-corrected chi connectivity index (χ0v) is 10.2. The van der Waals surface area contributed by atoms with Gasteiger partial charge in [0.2, 0.25) is 0 Å². The molecule has 0 amide bonds. The van der Waals surface area contributed by atoms with Gasteiger partial charge in [-0.1, -0.05) is 0 Å². The highest BCUT2D eigenvalue weighted by molar-refractivity contribution is 14.1. The smallest absolute Gasteiger partial charge is 0.419 e. The second kappa shape index (κ2) is 4.48. The van der Waals surface area contributed by atoms with Crippen molar-refractivity contribution in [2.24, 2.45) is 0 Å². The number of rotatable bonds is 1. The Morgan fingerprint density at radius 2 is 2.00 bits per heavy atom. The largest absolute Gasteiger partial charge is 0.465 e. The summed E-state index contributed by atoms with van der Waals surface area (Å²) in [5, 5.41) is 0. The Morgan fingerprint density at radius 1 is 1.44 bits per heavy atom. The molecule has 0 spiro atoms. The molecule has 0 atom stereocenters. The first-order valence-corrected chi connectivity index (χ1v) is 5.09. The molecule has 0 saturated carbocycles. The number of hydrogen-bond donors (Lipinski definition) is 1. The minimum absolute atomic E-state index is 0.00241. The molecule has 0 saturated heterocycles. The molecule has 2 N–H and O–H groups in total. The third-order valence-electron chi connectivity index (χ3n) is 1.83. The van der Waals surface area contributed by atoms with Gasteiger partial charge in [0.25, 0.3) is 0 Å². The number of nitrogen functional groups attached to an aromatic ring is 1. The summed E-state index contributed by atoms with van der Waals surface area (Å²) in [5.74, 6) is -0.724. The summed E-state index contributed by atoms with van der Waals surface area (Å²) in [6, 6.07) is 2.04. The maximum Gasteiger partial charge on any atom is 0.419 e. The monoisotopic (exact) mass is 345 g/mol. The Hall–Kier alpha value is -0.990. The quantitative estimate of drug-likeness (QED) is 0.484. The van der Waals surface area contributed by atoms with Gasteiger partial charge < -0.3 is 10.5 Å². The number of carbonyl (C=O) groups excluding carboxylic acids is 1. The zero-order valence-electron chi connectivity index (χ0n) is 8.06. The molecule has 0 fully saturated rings. The molecule has 7 heteroatoms. The van der Waals surface area contributed by atoms with Gasteiger partial charge in [0.1, 0.15) is 0 Å². The molecule has 0 aromatic heterocycles. The molecular weight excluding hydrogens is 338 g/mol. The molecule has 1 aromatic carbocycles. The third kappa shape index (κ3) is 2.57. The number of nitrogens with two attached hydrogens (primary N) is 1. The molecule has 0 heterocycles. The van der Waals surface area contributed by atoms with Gasteiger partial charge in [-0.15, -0.1) is 0 Å². The van der Waals surface area contributed by atoms with Crippen molar-refractivity contribution in [3.05, 3.63) is 26.8 Å². The summed E-state index contributed by atoms with van der Waals surface area (Å²) in [5.41, 5.74) is 3.85. The maximum atomic E-state index is 12.5. The van der Waals surface area contributed by atoms with Crippen molar-refractivity contribution in [3.8, 4) is 0 Å². The number of hydrogen-bond acceptors (Lipinski definition) is 3. The van der Waals surface area contributed by atoms with Crippen LogP contribution in [-0.4, -0.2) is 13.1 Å². The van der Waals surface area contributed by atoms with Crippen LogP contribution in [0.3, 0.4) is 0 Å². The molecule has 3 nitrogen and oxygen atoms in total. The number of anilines is 1. The first kappa shape index (κ1) is 13.1. The van der Waals surface area contributed by atoms with Crippen molar-refractivity contribution in [1.82, 2.24) is 0 Å². The van der Waals surface area contributed by atoms with Gasteiger partial charge in [-0.3, -0.25) is 0 Å². The fourth-order valence-electron chi connectivity index (χ4n) is 1.16. The number of alkyl halides is 3. The Balaban J connectivity index is 3.34. The van der Waals surface area contributed by atoms with Crippen molar-refractivity contribution < 1.29 is 22.7 Å². The van der Waals surface area contributed by atoms with E-state index in [1.807, 2.05) is 0 Å². The fraction of sp³-hybridized carbons (Fsp3) is 0.222. The Bertz CT molecular complexity index is 408. The highest BCUT2D eigenvalue weighted by Gasteiger charge is 2.35. The predicted molar refractivity (Wildman–Crippen MR) is 59.9 cm³/mol. The molecule has 88 valence electrons. The lowest BCUT2D eigenvalue weighted by molar-refractivity contribution is -0.137. The van der Waals surface area contributed by atoms with Gasteiger partial charge in [-0.05, 0) is 34.7 Å². The number of methoxy groups -OCH3 is 1. The van der Waals surface area contributed by atoms with Crippen LogP contribution in [0.4, 0.5) is 18.9 Å². The van der Waals surface area contributed by atoms with Crippen molar-refractivity contribution >= 4 is 34.2 Å². The summed E-state index contributed by atoms with van der Waals surface area (Å²) in [4.78, 5) is 11.1. The van der Waals surface area contributed by atoms with Crippen LogP contribution in [0.2, 0.25) is 0 Å². The zero-order chi connectivity index (χ0) is 12.5. The van der Waals surface area contributed by atoms with Crippen LogP contribution in [0.25, 0.3) is 0 Å². The SMILES string of the molecule is COC(=O)c1cc(N)c(C(F)(F)F)c(I)c1. The molecule has 1 aromatic rings. The van der Waals surface area contributed by atoms with E-state index in [-0.39, 0.29) is 9.13 Å². The van der Waals surface area contributed by atoms with Crippen LogP contribution in [-0.2, 0) is 10.9 Å². The van der Waals surface area contributed by atoms with E-state index in [0.717, 1.165) is 19.2 Å². The number of esters is 1. The molecule has 0 unspecified atom stereocenters. The van der Waals surface area contributed by atoms with E-state index < -0.39 is 23.4 Å². The van der Waals surface area contributed by atoms with Crippen LogP contribution in [0, 0.1) is 3.57 Å². The Labute approximate surface area is 103 Å². The number of benzene rings is 1. The topological polar surface area (TPSA) is 52.3 Å². The standard InChI is InChI=1S/C9H7F3INO2/c1-16-8(15)4-2-5(13)7(6(14)3-4)9(10,11)12/h2-3H,14H2,1H3. The van der Waals surface area contributed by atoms with Gasteiger partial charge in [-0.25, -0.2) is 4.79 Å². The second-order valence-electron chi connectivity index (χ2n) is 2.91. The van der Waals surface area contributed by atoms with Gasteiger partial charge in [0, 0.05) is 9.26 Å². The summed E-state index contributed by atoms with van der Waals surface area (Å²) >= 11 is 1.48. The fourth-order valence-corrected chi connectivity index (χ4v) is 2.12. The number of halogens is 4. The lowest BCUT2D eigenvalue weighted by atomic mass is 10.1. The molecule has 16 heavy (non-hydrogen) atoms. The van der Waals surface area contributed by atoms with Crippen molar-refractivity contribution in [2.45, 2.75) is 6.18 Å². The van der Waals surface area contributed by atoms with Gasteiger partial charge in [0.15, 0.2) is 0 Å². The van der Waals surface area contributed by atoms with Crippen LogP contribution >= 0.6 is 22.6 Å². The van der Waals surface area contributed by atoms with Gasteiger partial charge in [-0.2, -0.15) is 13.2 Å². The van der Waals surface area contributed by atoms with Gasteiger partial charge >= 0.3 is 12.1 Å². The first-order chi connectivity index (χ1) is 7.27. The van der Waals surface area contributed by atoms with E-state index in [2.05, 4.69) is 4.74 Å². The normalized spacial score (nSPS) is 11.3. The molecule has 0 aliphatic rings. The summed E-state index contributed by atoms with van der Waals surface area (Å²) in [7, 11) is 1.14. The van der Waals surface area contributed by atoms with Crippen molar-refractivity contribution in [2.75, 3.05) is 12.8 Å². The van der Waals surface area contributed by atoms with E-state index in [1.54, 1.807) is 0 Å². The van der Waals surface area contributed by atoms with Crippen LogP contribution in [0.1, 0.15) is 15.9 Å². The maximum absolute atomic E-state index is 12.5. The Morgan fingerprint density at radius 3 is 2.38 bits per heavy atom. The van der Waals surface area contributed by atoms with Crippen molar-refractivity contribution in [3.63, 3.8) is 0 Å². The number of carbonyl (C=O) groups is 1. The van der Waals surface area contributed by atoms with Crippen LogP contribution in [0.5, 0.6) is 0 Å². The Kier molecular flexibility index (Phi) is 3.66. The first-order valence-electron chi connectivity index (χ1n) is 4.02. The lowest BCUT2D eigenvalue weighted by Gasteiger charge is -2.13. The predicted octanol–water partition coefficient (Wildman–Crippen LogP) is 2.68. The molecule has 0 aliphatic heterocycles. The van der Waals surface area contributed by atoms with E-state index in [1.165, 1.54) is 22.6 Å². The minimum Gasteiger partial charge on any atom is -0.465 e. The van der Waals surface area contributed by atoms with Crippen LogP contribution < -0.4 is 5.73 Å². The average Bonchev–Trinajstić information content (AvgIpc) is 2.13. The van der Waals surface area contributed by atoms with Crippen LogP contribution in [0.15, 0.2) is 12.1 Å². The second-order valence-corrected chi connectivity index (χ2v) is 4.07. The highest BCUT2D eigenvalue weighted by Crippen LogP contribution is 2.37. The lowest BCUT2D eigenvalue weighted by Crippen LogP contribution is -2.13. The van der Waals surface area contributed by atoms with E-state index in [4.69, 9.17) is 5.73 Å². The molecule has 0 aliphatic carbocycles. The average molecular weight is 345 g/mol. The summed E-state index contributed by atoms with van der Waals surface area (Å²) in [6.07, 6.45) is -4.53. The minimum atomic E-state index is -4.53. The molecule has 1 rings (SSSR count). The molecule has 0 radical (unpaired) electrons. The number of ether oxygens (including phenoxy) is 1.